The van der Waals surface area contributed by atoms with E-state index in [1.54, 1.807) is 30.1 Å². The molecular weight excluding hydrogens is 232 g/mol. The Hall–Kier alpha value is -0.740. The Morgan fingerprint density at radius 2 is 2.47 bits per heavy atom. The summed E-state index contributed by atoms with van der Waals surface area (Å²) in [5, 5.41) is 3.29. The number of nitrogens with one attached hydrogen (secondary N) is 1. The average Bonchev–Trinajstić information content (AvgIpc) is 2.18. The van der Waals surface area contributed by atoms with Crippen molar-refractivity contribution in [2.24, 2.45) is 5.92 Å². The molecule has 1 N–H and O–H groups in total. The Morgan fingerprint density at radius 1 is 1.73 bits per heavy atom. The first kappa shape index (κ1) is 12.3. The summed E-state index contributed by atoms with van der Waals surface area (Å²) < 4.78 is 0. The quantitative estimate of drug-likeness (QED) is 0.886. The third-order valence-electron chi connectivity index (χ3n) is 1.84. The van der Waals surface area contributed by atoms with Crippen LogP contribution < -0.4 is 5.32 Å². The maximum absolute atomic E-state index is 11.6. The van der Waals surface area contributed by atoms with Crippen LogP contribution in [0.5, 0.6) is 0 Å². The number of pyridine rings is 1. The van der Waals surface area contributed by atoms with Gasteiger partial charge in [-0.1, -0.05) is 18.5 Å². The summed E-state index contributed by atoms with van der Waals surface area (Å²) in [6, 6.07) is 3.30. The predicted octanol–water partition coefficient (Wildman–Crippen LogP) is 2.67. The first-order valence-electron chi connectivity index (χ1n) is 4.55. The molecule has 0 aromatic carbocycles. The van der Waals surface area contributed by atoms with Gasteiger partial charge in [0, 0.05) is 22.9 Å². The molecule has 1 aromatic rings. The van der Waals surface area contributed by atoms with Gasteiger partial charge >= 0.3 is 0 Å². The Morgan fingerprint density at radius 3 is 3.07 bits per heavy atom. The van der Waals surface area contributed by atoms with E-state index in [9.17, 15) is 4.79 Å². The lowest BCUT2D eigenvalue weighted by Gasteiger charge is -2.09. The molecule has 0 bridgehead atoms. The van der Waals surface area contributed by atoms with Crippen LogP contribution in [0.15, 0.2) is 18.3 Å². The normalized spacial score (nSPS) is 12.2. The van der Waals surface area contributed by atoms with E-state index in [-0.39, 0.29) is 11.8 Å². The molecule has 0 saturated carbocycles. The zero-order chi connectivity index (χ0) is 11.3. The van der Waals surface area contributed by atoms with Gasteiger partial charge in [-0.15, -0.1) is 0 Å². The molecular formula is C10H13ClN2OS. The van der Waals surface area contributed by atoms with E-state index in [2.05, 4.69) is 10.3 Å². The van der Waals surface area contributed by atoms with E-state index < -0.39 is 0 Å². The first-order chi connectivity index (χ1) is 7.13. The standard InChI is InChI=1S/C10H13ClN2OS/c1-7(6-15-2)10(14)13-9-5-8(11)3-4-12-9/h3-5,7H,6H2,1-2H3,(H,12,13,14). The summed E-state index contributed by atoms with van der Waals surface area (Å²) in [5.41, 5.74) is 0. The average molecular weight is 245 g/mol. The van der Waals surface area contributed by atoms with Gasteiger partial charge in [-0.05, 0) is 18.4 Å². The van der Waals surface area contributed by atoms with Gasteiger partial charge in [0.15, 0.2) is 0 Å². The number of carbonyl (C=O) groups is 1. The molecule has 15 heavy (non-hydrogen) atoms. The zero-order valence-corrected chi connectivity index (χ0v) is 10.2. The predicted molar refractivity (Wildman–Crippen MR) is 65.4 cm³/mol. The number of thioether (sulfide) groups is 1. The fraction of sp³-hybridized carbons (Fsp3) is 0.400. The molecule has 1 unspecified atom stereocenters. The minimum atomic E-state index is -0.0286. The van der Waals surface area contributed by atoms with Crippen LogP contribution in [0.2, 0.25) is 5.02 Å². The minimum absolute atomic E-state index is 0.0271. The lowest BCUT2D eigenvalue weighted by atomic mass is 10.2. The van der Waals surface area contributed by atoms with Gasteiger partial charge in [0.2, 0.25) is 5.91 Å². The largest absolute Gasteiger partial charge is 0.310 e. The van der Waals surface area contributed by atoms with Crippen molar-refractivity contribution in [3.63, 3.8) is 0 Å². The smallest absolute Gasteiger partial charge is 0.229 e. The fourth-order valence-electron chi connectivity index (χ4n) is 1.05. The first-order valence-corrected chi connectivity index (χ1v) is 6.32. The van der Waals surface area contributed by atoms with Crippen LogP contribution in [0.1, 0.15) is 6.92 Å². The molecule has 0 fully saturated rings. The summed E-state index contributed by atoms with van der Waals surface area (Å²) in [5.74, 6) is 1.24. The highest BCUT2D eigenvalue weighted by Gasteiger charge is 2.12. The number of nitrogens with zero attached hydrogens (tertiary/aromatic N) is 1. The molecule has 0 spiro atoms. The highest BCUT2D eigenvalue weighted by Crippen LogP contribution is 2.13. The second-order valence-corrected chi connectivity index (χ2v) is 4.55. The third kappa shape index (κ3) is 4.10. The summed E-state index contributed by atoms with van der Waals surface area (Å²) in [6.07, 6.45) is 3.54. The van der Waals surface area contributed by atoms with Crippen LogP contribution >= 0.6 is 23.4 Å². The van der Waals surface area contributed by atoms with E-state index in [0.29, 0.717) is 10.8 Å². The highest BCUT2D eigenvalue weighted by atomic mass is 35.5. The van der Waals surface area contributed by atoms with Crippen LogP contribution in [0.25, 0.3) is 0 Å². The van der Waals surface area contributed by atoms with Crippen molar-refractivity contribution < 1.29 is 4.79 Å². The van der Waals surface area contributed by atoms with E-state index in [1.807, 2.05) is 13.2 Å². The van der Waals surface area contributed by atoms with Crippen LogP contribution in [0, 0.1) is 5.92 Å². The molecule has 0 aliphatic rings. The number of rotatable bonds is 4. The SMILES string of the molecule is CSCC(C)C(=O)Nc1cc(Cl)ccn1. The molecule has 82 valence electrons. The summed E-state index contributed by atoms with van der Waals surface area (Å²) in [7, 11) is 0. The van der Waals surface area contributed by atoms with E-state index in [0.717, 1.165) is 5.75 Å². The van der Waals surface area contributed by atoms with Crippen LogP contribution in [0.4, 0.5) is 5.82 Å². The van der Waals surface area contributed by atoms with E-state index in [1.165, 1.54) is 0 Å². The minimum Gasteiger partial charge on any atom is -0.310 e. The molecule has 1 heterocycles. The summed E-state index contributed by atoms with van der Waals surface area (Å²) in [6.45, 7) is 1.89. The van der Waals surface area contributed by atoms with Crippen molar-refractivity contribution in [3.8, 4) is 0 Å². The molecule has 1 atom stereocenters. The van der Waals surface area contributed by atoms with Crippen LogP contribution in [0.3, 0.4) is 0 Å². The fourth-order valence-corrected chi connectivity index (χ4v) is 1.86. The van der Waals surface area contributed by atoms with Crippen molar-refractivity contribution in [2.75, 3.05) is 17.3 Å². The van der Waals surface area contributed by atoms with Crippen molar-refractivity contribution in [3.05, 3.63) is 23.4 Å². The number of hydrogen-bond acceptors (Lipinski definition) is 3. The number of carbonyl (C=O) groups excluding carboxylic acids is 1. The van der Waals surface area contributed by atoms with Crippen molar-refractivity contribution in [1.82, 2.24) is 4.98 Å². The van der Waals surface area contributed by atoms with Gasteiger partial charge < -0.3 is 5.32 Å². The van der Waals surface area contributed by atoms with Gasteiger partial charge in [-0.3, -0.25) is 4.79 Å². The van der Waals surface area contributed by atoms with E-state index >= 15 is 0 Å². The molecule has 0 saturated heterocycles. The Labute approximate surface area is 98.6 Å². The Bertz CT molecular complexity index is 346. The van der Waals surface area contributed by atoms with Crippen molar-refractivity contribution in [1.29, 1.82) is 0 Å². The maximum Gasteiger partial charge on any atom is 0.229 e. The van der Waals surface area contributed by atoms with Crippen molar-refractivity contribution >= 4 is 35.1 Å². The van der Waals surface area contributed by atoms with E-state index in [4.69, 9.17) is 11.6 Å². The van der Waals surface area contributed by atoms with Gasteiger partial charge in [0.25, 0.3) is 0 Å². The number of hydrogen-bond donors (Lipinski definition) is 1. The second-order valence-electron chi connectivity index (χ2n) is 3.20. The zero-order valence-electron chi connectivity index (χ0n) is 8.66. The monoisotopic (exact) mass is 244 g/mol. The summed E-state index contributed by atoms with van der Waals surface area (Å²) in [4.78, 5) is 15.6. The molecule has 1 aromatic heterocycles. The number of amides is 1. The van der Waals surface area contributed by atoms with Crippen LogP contribution in [-0.4, -0.2) is 22.9 Å². The molecule has 0 aliphatic heterocycles. The molecule has 1 amide bonds. The molecule has 0 aliphatic carbocycles. The summed E-state index contributed by atoms with van der Waals surface area (Å²) >= 11 is 7.42. The lowest BCUT2D eigenvalue weighted by Crippen LogP contribution is -2.22. The van der Waals surface area contributed by atoms with Gasteiger partial charge in [0.1, 0.15) is 5.82 Å². The van der Waals surface area contributed by atoms with Crippen molar-refractivity contribution in [2.45, 2.75) is 6.92 Å². The second kappa shape index (κ2) is 5.98. The Kier molecular flexibility index (Phi) is 4.91. The number of aromatic nitrogens is 1. The Balaban J connectivity index is 2.58. The topological polar surface area (TPSA) is 42.0 Å². The van der Waals surface area contributed by atoms with Crippen LogP contribution in [-0.2, 0) is 4.79 Å². The lowest BCUT2D eigenvalue weighted by molar-refractivity contribution is -0.118. The molecule has 0 radical (unpaired) electrons. The number of anilines is 1. The van der Waals surface area contributed by atoms with Gasteiger partial charge in [-0.25, -0.2) is 4.98 Å². The number of halogens is 1. The highest BCUT2D eigenvalue weighted by molar-refractivity contribution is 7.98. The van der Waals surface area contributed by atoms with Gasteiger partial charge in [-0.2, -0.15) is 11.8 Å². The molecule has 3 nitrogen and oxygen atoms in total. The molecule has 5 heteroatoms. The molecule has 1 rings (SSSR count). The maximum atomic E-state index is 11.6. The third-order valence-corrected chi connectivity index (χ3v) is 2.91. The van der Waals surface area contributed by atoms with Gasteiger partial charge in [0.05, 0.1) is 0 Å².